The van der Waals surface area contributed by atoms with Crippen molar-refractivity contribution >= 4 is 17.6 Å². The van der Waals surface area contributed by atoms with E-state index in [1.165, 1.54) is 0 Å². The fraction of sp³-hybridized carbons (Fsp3) is 0.211. The summed E-state index contributed by atoms with van der Waals surface area (Å²) in [6.45, 7) is 4.14. The van der Waals surface area contributed by atoms with Crippen molar-refractivity contribution < 1.29 is 9.53 Å². The number of benzene rings is 1. The fourth-order valence-corrected chi connectivity index (χ4v) is 2.88. The molecule has 0 spiro atoms. The van der Waals surface area contributed by atoms with Gasteiger partial charge in [0, 0.05) is 18.0 Å². The molecule has 0 saturated carbocycles. The monoisotopic (exact) mass is 355 g/mol. The largest absolute Gasteiger partial charge is 0.466 e. The molecule has 0 aliphatic heterocycles. The summed E-state index contributed by atoms with van der Waals surface area (Å²) in [6.07, 6.45) is 3.72. The Bertz CT molecular complexity index is 892. The third-order valence-electron chi connectivity index (χ3n) is 3.83. The second-order valence-electron chi connectivity index (χ2n) is 5.56. The van der Waals surface area contributed by atoms with Crippen molar-refractivity contribution in [3.63, 3.8) is 0 Å². The maximum Gasteiger partial charge on any atom is 0.311 e. The van der Waals surface area contributed by atoms with Crippen molar-refractivity contribution in [1.29, 1.82) is 0 Å². The van der Waals surface area contributed by atoms with Gasteiger partial charge in [-0.3, -0.25) is 4.79 Å². The lowest BCUT2D eigenvalue weighted by atomic mass is 9.97. The Morgan fingerprint density at radius 3 is 2.72 bits per heavy atom. The number of rotatable bonds is 5. The van der Waals surface area contributed by atoms with Crippen LogP contribution >= 0.6 is 11.6 Å². The van der Waals surface area contributed by atoms with Crippen LogP contribution in [0.3, 0.4) is 0 Å². The summed E-state index contributed by atoms with van der Waals surface area (Å²) in [4.78, 5) is 16.2. The maximum absolute atomic E-state index is 11.9. The molecule has 0 atom stereocenters. The molecule has 5 nitrogen and oxygen atoms in total. The number of carbonyl (C=O) groups is 1. The van der Waals surface area contributed by atoms with Gasteiger partial charge in [0.15, 0.2) is 0 Å². The minimum absolute atomic E-state index is 0.0874. The average molecular weight is 356 g/mol. The summed E-state index contributed by atoms with van der Waals surface area (Å²) in [5, 5.41) is 4.60. The van der Waals surface area contributed by atoms with Crippen LogP contribution in [0, 0.1) is 6.92 Å². The van der Waals surface area contributed by atoms with E-state index in [2.05, 4.69) is 10.1 Å². The van der Waals surface area contributed by atoms with Gasteiger partial charge in [-0.25, -0.2) is 9.67 Å². The molecule has 0 saturated heterocycles. The van der Waals surface area contributed by atoms with Gasteiger partial charge in [0.05, 0.1) is 24.4 Å². The van der Waals surface area contributed by atoms with E-state index in [1.807, 2.05) is 43.5 Å². The number of esters is 1. The second-order valence-corrected chi connectivity index (χ2v) is 5.95. The molecular weight excluding hydrogens is 338 g/mol. The number of nitrogens with zero attached hydrogens (tertiary/aromatic N) is 3. The molecule has 0 bridgehead atoms. The standard InChI is InChI=1S/C19H18ClN3O2/c1-3-25-19(24)12-17-16(7-8-18(20)22-17)15-6-5-14(11-13(15)2)23-10-4-9-21-23/h4-11H,3,12H2,1-2H3. The lowest BCUT2D eigenvalue weighted by Crippen LogP contribution is -2.10. The molecule has 0 aliphatic carbocycles. The predicted octanol–water partition coefficient (Wildman–Crippen LogP) is 4.00. The van der Waals surface area contributed by atoms with Gasteiger partial charge < -0.3 is 4.74 Å². The topological polar surface area (TPSA) is 57.0 Å². The Balaban J connectivity index is 2.00. The highest BCUT2D eigenvalue weighted by Crippen LogP contribution is 2.29. The van der Waals surface area contributed by atoms with Crippen molar-refractivity contribution in [2.45, 2.75) is 20.3 Å². The van der Waals surface area contributed by atoms with E-state index < -0.39 is 0 Å². The third kappa shape index (κ3) is 3.88. The van der Waals surface area contributed by atoms with Crippen molar-refractivity contribution in [3.05, 3.63) is 65.2 Å². The number of halogens is 1. The Labute approximate surface area is 151 Å². The molecular formula is C19H18ClN3O2. The molecule has 0 amide bonds. The van der Waals surface area contributed by atoms with Crippen molar-refractivity contribution in [2.75, 3.05) is 6.61 Å². The lowest BCUT2D eigenvalue weighted by molar-refractivity contribution is -0.142. The molecule has 6 heteroatoms. The lowest BCUT2D eigenvalue weighted by Gasteiger charge is -2.13. The van der Waals surface area contributed by atoms with Crippen molar-refractivity contribution in [1.82, 2.24) is 14.8 Å². The summed E-state index contributed by atoms with van der Waals surface area (Å²) in [6, 6.07) is 11.5. The number of pyridine rings is 1. The Morgan fingerprint density at radius 1 is 1.24 bits per heavy atom. The predicted molar refractivity (Wildman–Crippen MR) is 96.9 cm³/mol. The molecule has 2 heterocycles. The molecule has 0 unspecified atom stereocenters. The second kappa shape index (κ2) is 7.49. The highest BCUT2D eigenvalue weighted by Gasteiger charge is 2.15. The van der Waals surface area contributed by atoms with E-state index >= 15 is 0 Å². The summed E-state index contributed by atoms with van der Waals surface area (Å²) in [5.74, 6) is -0.315. The zero-order valence-electron chi connectivity index (χ0n) is 14.1. The van der Waals surface area contributed by atoms with Gasteiger partial charge >= 0.3 is 5.97 Å². The van der Waals surface area contributed by atoms with Crippen molar-refractivity contribution in [2.24, 2.45) is 0 Å². The van der Waals surface area contributed by atoms with Crippen LogP contribution in [0.4, 0.5) is 0 Å². The van der Waals surface area contributed by atoms with Gasteiger partial charge in [0.1, 0.15) is 5.15 Å². The summed E-state index contributed by atoms with van der Waals surface area (Å²) in [7, 11) is 0. The van der Waals surface area contributed by atoms with Crippen LogP contribution in [-0.2, 0) is 16.0 Å². The Hall–Kier alpha value is -2.66. The number of ether oxygens (including phenoxy) is 1. The third-order valence-corrected chi connectivity index (χ3v) is 4.04. The minimum Gasteiger partial charge on any atom is -0.466 e. The molecule has 1 aromatic carbocycles. The maximum atomic E-state index is 11.9. The van der Waals surface area contributed by atoms with Crippen molar-refractivity contribution in [3.8, 4) is 16.8 Å². The highest BCUT2D eigenvalue weighted by molar-refractivity contribution is 6.29. The molecule has 3 aromatic rings. The zero-order valence-corrected chi connectivity index (χ0v) is 14.8. The highest BCUT2D eigenvalue weighted by atomic mass is 35.5. The quantitative estimate of drug-likeness (QED) is 0.512. The van der Waals surface area contributed by atoms with Crippen LogP contribution < -0.4 is 0 Å². The van der Waals surface area contributed by atoms with E-state index in [-0.39, 0.29) is 12.4 Å². The number of aryl methyl sites for hydroxylation is 1. The molecule has 2 aromatic heterocycles. The molecule has 0 radical (unpaired) electrons. The number of hydrogen-bond acceptors (Lipinski definition) is 4. The zero-order chi connectivity index (χ0) is 17.8. The van der Waals surface area contributed by atoms with Crippen LogP contribution in [0.1, 0.15) is 18.2 Å². The molecule has 0 aliphatic rings. The molecule has 25 heavy (non-hydrogen) atoms. The van der Waals surface area contributed by atoms with E-state index in [9.17, 15) is 4.79 Å². The SMILES string of the molecule is CCOC(=O)Cc1nc(Cl)ccc1-c1ccc(-n2cccn2)cc1C. The Morgan fingerprint density at radius 2 is 2.04 bits per heavy atom. The fourth-order valence-electron chi connectivity index (χ4n) is 2.72. The van der Waals surface area contributed by atoms with Gasteiger partial charge in [-0.1, -0.05) is 17.7 Å². The van der Waals surface area contributed by atoms with Crippen LogP contribution in [-0.4, -0.2) is 27.3 Å². The van der Waals surface area contributed by atoms with Gasteiger partial charge in [-0.05, 0) is 55.3 Å². The number of aromatic nitrogens is 3. The van der Waals surface area contributed by atoms with Crippen LogP contribution in [0.5, 0.6) is 0 Å². The minimum atomic E-state index is -0.315. The van der Waals surface area contributed by atoms with Crippen LogP contribution in [0.15, 0.2) is 48.8 Å². The number of carbonyl (C=O) groups excluding carboxylic acids is 1. The van der Waals surface area contributed by atoms with Gasteiger partial charge in [0.2, 0.25) is 0 Å². The molecule has 128 valence electrons. The molecule has 3 rings (SSSR count). The first-order chi connectivity index (χ1) is 12.1. The van der Waals surface area contributed by atoms with Crippen LogP contribution in [0.2, 0.25) is 5.15 Å². The van der Waals surface area contributed by atoms with Gasteiger partial charge in [0.25, 0.3) is 0 Å². The van der Waals surface area contributed by atoms with E-state index in [0.29, 0.717) is 17.5 Å². The van der Waals surface area contributed by atoms with Crippen LogP contribution in [0.25, 0.3) is 16.8 Å². The van der Waals surface area contributed by atoms with Gasteiger partial charge in [-0.2, -0.15) is 5.10 Å². The van der Waals surface area contributed by atoms with E-state index in [1.54, 1.807) is 23.9 Å². The molecule has 0 N–H and O–H groups in total. The Kier molecular flexibility index (Phi) is 5.14. The summed E-state index contributed by atoms with van der Waals surface area (Å²) in [5.41, 5.74) is 4.52. The first-order valence-corrected chi connectivity index (χ1v) is 8.38. The number of hydrogen-bond donors (Lipinski definition) is 0. The average Bonchev–Trinajstić information content (AvgIpc) is 3.10. The van der Waals surface area contributed by atoms with E-state index in [4.69, 9.17) is 16.3 Å². The summed E-state index contributed by atoms with van der Waals surface area (Å²) < 4.78 is 6.84. The smallest absolute Gasteiger partial charge is 0.311 e. The first kappa shape index (κ1) is 17.2. The first-order valence-electron chi connectivity index (χ1n) is 8.00. The van der Waals surface area contributed by atoms with Gasteiger partial charge in [-0.15, -0.1) is 0 Å². The van der Waals surface area contributed by atoms with E-state index in [0.717, 1.165) is 22.4 Å². The summed E-state index contributed by atoms with van der Waals surface area (Å²) >= 11 is 6.02. The molecule has 0 fully saturated rings. The normalized spacial score (nSPS) is 10.7.